The molecule has 0 amide bonds. The van der Waals surface area contributed by atoms with Crippen molar-refractivity contribution in [1.82, 2.24) is 0 Å². The molecule has 422 valence electrons. The molecule has 0 spiro atoms. The Balaban J connectivity index is 4.30. The van der Waals surface area contributed by atoms with Gasteiger partial charge in [0.25, 0.3) is 0 Å². The zero-order valence-electron chi connectivity index (χ0n) is 48.4. The molecule has 0 radical (unpaired) electrons. The summed E-state index contributed by atoms with van der Waals surface area (Å²) in [5, 5.41) is 0. The van der Waals surface area contributed by atoms with Crippen molar-refractivity contribution >= 4 is 17.9 Å². The largest absolute Gasteiger partial charge is 0.462 e. The van der Waals surface area contributed by atoms with E-state index in [9.17, 15) is 14.4 Å². The molecule has 0 rings (SSSR count). The minimum absolute atomic E-state index is 0.0841. The third kappa shape index (κ3) is 59.6. The molecule has 0 aliphatic heterocycles. The molecule has 0 saturated heterocycles. The lowest BCUT2D eigenvalue weighted by atomic mass is 10.0. The van der Waals surface area contributed by atoms with Gasteiger partial charge in [-0.05, 0) is 109 Å². The number of hydrogen-bond donors (Lipinski definition) is 0. The average molecular weight is 1020 g/mol. The highest BCUT2D eigenvalue weighted by Gasteiger charge is 2.19. The Morgan fingerprint density at radius 2 is 0.534 bits per heavy atom. The first-order chi connectivity index (χ1) is 36.0. The first-order valence-corrected chi connectivity index (χ1v) is 31.4. The molecule has 0 bridgehead atoms. The summed E-state index contributed by atoms with van der Waals surface area (Å²) in [4.78, 5) is 38.3. The van der Waals surface area contributed by atoms with Gasteiger partial charge in [0, 0.05) is 19.3 Å². The molecule has 0 aliphatic carbocycles. The summed E-state index contributed by atoms with van der Waals surface area (Å²) in [7, 11) is 0. The van der Waals surface area contributed by atoms with Gasteiger partial charge in [0.2, 0.25) is 0 Å². The van der Waals surface area contributed by atoms with Crippen molar-refractivity contribution in [2.24, 2.45) is 0 Å². The number of carbonyl (C=O) groups is 3. The Morgan fingerprint density at radius 3 is 0.849 bits per heavy atom. The third-order valence-electron chi connectivity index (χ3n) is 13.7. The second-order valence-electron chi connectivity index (χ2n) is 20.9. The van der Waals surface area contributed by atoms with Crippen LogP contribution in [0.4, 0.5) is 0 Å². The highest BCUT2D eigenvalue weighted by molar-refractivity contribution is 5.71. The van der Waals surface area contributed by atoms with Crippen LogP contribution in [0.15, 0.2) is 72.9 Å². The molecule has 0 aromatic carbocycles. The Bertz CT molecular complexity index is 1360. The molecule has 0 aromatic heterocycles. The van der Waals surface area contributed by atoms with Gasteiger partial charge in [-0.15, -0.1) is 0 Å². The molecule has 0 heterocycles. The number of unbranched alkanes of at least 4 members (excludes halogenated alkanes) is 34. The Labute approximate surface area is 453 Å². The van der Waals surface area contributed by atoms with Crippen LogP contribution in [0.1, 0.15) is 316 Å². The van der Waals surface area contributed by atoms with E-state index in [4.69, 9.17) is 14.2 Å². The van der Waals surface area contributed by atoms with Crippen LogP contribution in [0, 0.1) is 0 Å². The molecule has 0 aliphatic rings. The van der Waals surface area contributed by atoms with Crippen LogP contribution in [-0.4, -0.2) is 37.2 Å². The number of rotatable bonds is 57. The molecule has 0 aromatic rings. The van der Waals surface area contributed by atoms with Crippen LogP contribution < -0.4 is 0 Å². The number of carbonyl (C=O) groups excluding carboxylic acids is 3. The van der Waals surface area contributed by atoms with Gasteiger partial charge in [0.05, 0.1) is 0 Å². The number of allylic oxidation sites excluding steroid dienone is 12. The maximum atomic E-state index is 12.9. The summed E-state index contributed by atoms with van der Waals surface area (Å²) in [6, 6.07) is 0. The molecule has 1 unspecified atom stereocenters. The van der Waals surface area contributed by atoms with E-state index in [2.05, 4.69) is 93.7 Å². The van der Waals surface area contributed by atoms with Crippen molar-refractivity contribution < 1.29 is 28.6 Å². The van der Waals surface area contributed by atoms with E-state index < -0.39 is 6.10 Å². The quantitative estimate of drug-likeness (QED) is 0.0261. The molecule has 0 saturated carbocycles. The smallest absolute Gasteiger partial charge is 0.306 e. The normalized spacial score (nSPS) is 12.5. The van der Waals surface area contributed by atoms with Crippen LogP contribution in [0.5, 0.6) is 0 Å². The first-order valence-electron chi connectivity index (χ1n) is 31.4. The molecular weight excluding hydrogens is 901 g/mol. The van der Waals surface area contributed by atoms with Crippen molar-refractivity contribution in [3.05, 3.63) is 72.9 Å². The maximum Gasteiger partial charge on any atom is 0.306 e. The minimum Gasteiger partial charge on any atom is -0.462 e. The van der Waals surface area contributed by atoms with E-state index >= 15 is 0 Å². The number of hydrogen-bond acceptors (Lipinski definition) is 6. The number of esters is 3. The highest BCUT2D eigenvalue weighted by atomic mass is 16.6. The summed E-state index contributed by atoms with van der Waals surface area (Å²) in [5.41, 5.74) is 0. The van der Waals surface area contributed by atoms with Crippen LogP contribution in [0.25, 0.3) is 0 Å². The van der Waals surface area contributed by atoms with Gasteiger partial charge < -0.3 is 14.2 Å². The van der Waals surface area contributed by atoms with E-state index in [1.165, 1.54) is 167 Å². The monoisotopic (exact) mass is 1020 g/mol. The van der Waals surface area contributed by atoms with Gasteiger partial charge in [-0.2, -0.15) is 0 Å². The molecule has 0 N–H and O–H groups in total. The summed E-state index contributed by atoms with van der Waals surface area (Å²) >= 11 is 0. The van der Waals surface area contributed by atoms with E-state index in [-0.39, 0.29) is 31.1 Å². The van der Waals surface area contributed by atoms with Gasteiger partial charge in [0.15, 0.2) is 6.10 Å². The fourth-order valence-corrected chi connectivity index (χ4v) is 8.95. The Hall–Kier alpha value is -3.15. The second kappa shape index (κ2) is 61.4. The van der Waals surface area contributed by atoms with Crippen LogP contribution in [0.2, 0.25) is 0 Å². The zero-order valence-corrected chi connectivity index (χ0v) is 48.4. The van der Waals surface area contributed by atoms with Crippen molar-refractivity contribution in [2.45, 2.75) is 322 Å². The number of ether oxygens (including phenoxy) is 3. The SMILES string of the molecule is CC/C=C\C/C=C\C/C=C\CCCCCCCC(=O)OC(COC(=O)CCCCCCC/C=C\CCCCCCCC)COC(=O)CCCCCCCCCCCCCCC/C=C\C/C=C\CCCCCCC. The summed E-state index contributed by atoms with van der Waals surface area (Å²) < 4.78 is 16.9. The summed E-state index contributed by atoms with van der Waals surface area (Å²) in [6.07, 6.45) is 79.1. The molecule has 73 heavy (non-hydrogen) atoms. The lowest BCUT2D eigenvalue weighted by molar-refractivity contribution is -0.167. The van der Waals surface area contributed by atoms with Crippen molar-refractivity contribution in [3.8, 4) is 0 Å². The lowest BCUT2D eigenvalue weighted by Gasteiger charge is -2.18. The van der Waals surface area contributed by atoms with E-state index in [1.54, 1.807) is 0 Å². The molecule has 6 heteroatoms. The van der Waals surface area contributed by atoms with Crippen LogP contribution in [-0.2, 0) is 28.6 Å². The van der Waals surface area contributed by atoms with Crippen molar-refractivity contribution in [2.75, 3.05) is 13.2 Å². The predicted molar refractivity (Wildman–Crippen MR) is 316 cm³/mol. The summed E-state index contributed by atoms with van der Waals surface area (Å²) in [5.74, 6) is -0.898. The molecular formula is C67H118O6. The van der Waals surface area contributed by atoms with Crippen molar-refractivity contribution in [1.29, 1.82) is 0 Å². The average Bonchev–Trinajstić information content (AvgIpc) is 3.39. The molecule has 1 atom stereocenters. The van der Waals surface area contributed by atoms with Gasteiger partial charge in [-0.25, -0.2) is 0 Å². The third-order valence-corrected chi connectivity index (χ3v) is 13.7. The predicted octanol–water partition coefficient (Wildman–Crippen LogP) is 21.3. The van der Waals surface area contributed by atoms with Crippen LogP contribution >= 0.6 is 0 Å². The van der Waals surface area contributed by atoms with Gasteiger partial charge >= 0.3 is 17.9 Å². The van der Waals surface area contributed by atoms with E-state index in [1.807, 2.05) is 0 Å². The van der Waals surface area contributed by atoms with Gasteiger partial charge in [0.1, 0.15) is 13.2 Å². The second-order valence-corrected chi connectivity index (χ2v) is 20.9. The Kier molecular flexibility index (Phi) is 58.7. The first kappa shape index (κ1) is 69.8. The van der Waals surface area contributed by atoms with Gasteiger partial charge in [-0.3, -0.25) is 14.4 Å². The summed E-state index contributed by atoms with van der Waals surface area (Å²) in [6.45, 7) is 6.52. The van der Waals surface area contributed by atoms with Crippen molar-refractivity contribution in [3.63, 3.8) is 0 Å². The fourth-order valence-electron chi connectivity index (χ4n) is 8.95. The van der Waals surface area contributed by atoms with E-state index in [0.29, 0.717) is 19.3 Å². The maximum absolute atomic E-state index is 12.9. The highest BCUT2D eigenvalue weighted by Crippen LogP contribution is 2.16. The fraction of sp³-hybridized carbons (Fsp3) is 0.776. The topological polar surface area (TPSA) is 78.9 Å². The van der Waals surface area contributed by atoms with Crippen LogP contribution in [0.3, 0.4) is 0 Å². The standard InChI is InChI=1S/C67H118O6/c1-4-7-10-13-16-19-22-25-28-29-30-31-32-33-34-35-36-37-40-42-45-48-51-54-57-60-66(69)72-63-64(73-67(70)61-58-55-52-49-46-43-39-27-24-21-18-15-12-9-6-3)62-71-65(68)59-56-53-50-47-44-41-38-26-23-20-17-14-11-8-5-2/h9,12,18,21-22,25-27,29-30,38-39,64H,4-8,10-11,13-17,19-20,23-24,28,31-37,40-63H2,1-3H3/b12-9-,21-18-,25-22-,30-29-,38-26-,39-27-. The minimum atomic E-state index is -0.788. The zero-order chi connectivity index (χ0) is 52.9. The molecule has 0 fully saturated rings. The van der Waals surface area contributed by atoms with Gasteiger partial charge in [-0.1, -0.05) is 261 Å². The lowest BCUT2D eigenvalue weighted by Crippen LogP contribution is -2.30. The van der Waals surface area contributed by atoms with E-state index in [0.717, 1.165) is 109 Å². The Morgan fingerprint density at radius 1 is 0.288 bits per heavy atom. The molecule has 6 nitrogen and oxygen atoms in total.